The van der Waals surface area contributed by atoms with E-state index in [-0.39, 0.29) is 0 Å². The molecule has 2 aromatic rings. The summed E-state index contributed by atoms with van der Waals surface area (Å²) in [5.41, 5.74) is 2.10. The highest BCUT2D eigenvalue weighted by atomic mass is 35.5. The molecule has 2 heterocycles. The second-order valence-corrected chi connectivity index (χ2v) is 3.64. The molecule has 15 heavy (non-hydrogen) atoms. The van der Waals surface area contributed by atoms with E-state index < -0.39 is 0 Å². The van der Waals surface area contributed by atoms with Crippen molar-refractivity contribution < 1.29 is 4.42 Å². The summed E-state index contributed by atoms with van der Waals surface area (Å²) < 4.78 is 4.96. The fourth-order valence-corrected chi connectivity index (χ4v) is 1.35. The van der Waals surface area contributed by atoms with Crippen LogP contribution in [0.3, 0.4) is 0 Å². The minimum atomic E-state index is 0.661. The van der Waals surface area contributed by atoms with Gasteiger partial charge in [-0.25, -0.2) is 0 Å². The summed E-state index contributed by atoms with van der Waals surface area (Å²) in [5, 5.41) is 3.92. The average molecular weight is 223 g/mol. The lowest BCUT2D eigenvalue weighted by atomic mass is 10.3. The molecule has 0 unspecified atom stereocenters. The number of halogens is 1. The first-order chi connectivity index (χ1) is 7.34. The topological polar surface area (TPSA) is 38.1 Å². The van der Waals surface area contributed by atoms with E-state index in [9.17, 15) is 0 Å². The van der Waals surface area contributed by atoms with Gasteiger partial charge in [-0.15, -0.1) is 0 Å². The molecule has 78 valence electrons. The van der Waals surface area contributed by atoms with Crippen LogP contribution in [0.1, 0.15) is 11.3 Å². The monoisotopic (exact) mass is 222 g/mol. The molecule has 2 rings (SSSR count). The normalized spacial score (nSPS) is 10.5. The van der Waals surface area contributed by atoms with Crippen LogP contribution in [0.5, 0.6) is 0 Å². The number of rotatable bonds is 4. The quantitative estimate of drug-likeness (QED) is 0.864. The zero-order valence-electron chi connectivity index (χ0n) is 8.11. The molecule has 0 amide bonds. The molecule has 0 aliphatic heterocycles. The number of hydrogen-bond acceptors (Lipinski definition) is 3. The third-order valence-corrected chi connectivity index (χ3v) is 2.23. The van der Waals surface area contributed by atoms with Crippen molar-refractivity contribution in [2.24, 2.45) is 0 Å². The Morgan fingerprint density at radius 2 is 2.20 bits per heavy atom. The molecule has 0 spiro atoms. The Morgan fingerprint density at radius 1 is 1.27 bits per heavy atom. The van der Waals surface area contributed by atoms with Crippen molar-refractivity contribution in [2.45, 2.75) is 13.1 Å². The molecular formula is C11H11ClN2O. The van der Waals surface area contributed by atoms with Gasteiger partial charge in [0.05, 0.1) is 23.2 Å². The lowest BCUT2D eigenvalue weighted by Gasteiger charge is -2.02. The molecule has 2 aromatic heterocycles. The van der Waals surface area contributed by atoms with Gasteiger partial charge in [0.2, 0.25) is 0 Å². The van der Waals surface area contributed by atoms with Crippen molar-refractivity contribution in [3.63, 3.8) is 0 Å². The lowest BCUT2D eigenvalue weighted by molar-refractivity contribution is 0.560. The van der Waals surface area contributed by atoms with E-state index >= 15 is 0 Å². The van der Waals surface area contributed by atoms with E-state index in [2.05, 4.69) is 10.3 Å². The van der Waals surface area contributed by atoms with Gasteiger partial charge < -0.3 is 9.73 Å². The van der Waals surface area contributed by atoms with Gasteiger partial charge in [0.25, 0.3) is 0 Å². The van der Waals surface area contributed by atoms with Crippen molar-refractivity contribution in [3.8, 4) is 0 Å². The Kier molecular flexibility index (Phi) is 3.37. The third-order valence-electron chi connectivity index (χ3n) is 2.00. The van der Waals surface area contributed by atoms with E-state index in [1.807, 2.05) is 18.2 Å². The number of nitrogens with zero attached hydrogens (tertiary/aromatic N) is 1. The van der Waals surface area contributed by atoms with Crippen molar-refractivity contribution >= 4 is 11.6 Å². The van der Waals surface area contributed by atoms with Gasteiger partial charge in [0.1, 0.15) is 0 Å². The molecule has 0 fully saturated rings. The Hall–Kier alpha value is -1.32. The first kappa shape index (κ1) is 10.2. The van der Waals surface area contributed by atoms with Crippen molar-refractivity contribution in [2.75, 3.05) is 0 Å². The minimum Gasteiger partial charge on any atom is -0.472 e. The summed E-state index contributed by atoms with van der Waals surface area (Å²) in [4.78, 5) is 4.18. The van der Waals surface area contributed by atoms with Gasteiger partial charge in [-0.1, -0.05) is 11.6 Å². The smallest absolute Gasteiger partial charge is 0.0947 e. The van der Waals surface area contributed by atoms with Gasteiger partial charge in [0, 0.05) is 24.8 Å². The Bertz CT molecular complexity index is 397. The van der Waals surface area contributed by atoms with Crippen LogP contribution < -0.4 is 5.32 Å². The maximum absolute atomic E-state index is 5.73. The first-order valence-corrected chi connectivity index (χ1v) is 5.04. The lowest BCUT2D eigenvalue weighted by Crippen LogP contribution is -2.12. The molecule has 1 N–H and O–H groups in total. The predicted molar refractivity (Wildman–Crippen MR) is 58.5 cm³/mol. The van der Waals surface area contributed by atoms with Crippen LogP contribution in [0.25, 0.3) is 0 Å². The molecule has 0 aliphatic rings. The molecule has 0 saturated carbocycles. The molecule has 3 nitrogen and oxygen atoms in total. The van der Waals surface area contributed by atoms with Gasteiger partial charge in [0.15, 0.2) is 0 Å². The number of nitrogens with one attached hydrogen (secondary N) is 1. The molecule has 0 radical (unpaired) electrons. The van der Waals surface area contributed by atoms with Crippen LogP contribution in [0.4, 0.5) is 0 Å². The van der Waals surface area contributed by atoms with Gasteiger partial charge in [-0.3, -0.25) is 4.98 Å². The molecule has 0 atom stereocenters. The van der Waals surface area contributed by atoms with Gasteiger partial charge in [-0.2, -0.15) is 0 Å². The standard InChI is InChI=1S/C11H11ClN2O/c12-10-1-2-11(14-6-10)7-13-5-9-3-4-15-8-9/h1-4,6,8,13H,5,7H2. The highest BCUT2D eigenvalue weighted by Gasteiger charge is 1.96. The molecular weight excluding hydrogens is 212 g/mol. The first-order valence-electron chi connectivity index (χ1n) is 4.67. The summed E-state index contributed by atoms with van der Waals surface area (Å²) in [7, 11) is 0. The number of furan rings is 1. The number of pyridine rings is 1. The van der Waals surface area contributed by atoms with E-state index in [0.29, 0.717) is 5.02 Å². The van der Waals surface area contributed by atoms with Crippen LogP contribution in [0.2, 0.25) is 5.02 Å². The SMILES string of the molecule is Clc1ccc(CNCc2ccoc2)nc1. The van der Waals surface area contributed by atoms with E-state index in [1.165, 1.54) is 0 Å². The zero-order valence-corrected chi connectivity index (χ0v) is 8.87. The fourth-order valence-electron chi connectivity index (χ4n) is 1.24. The summed E-state index contributed by atoms with van der Waals surface area (Å²) >= 11 is 5.73. The highest BCUT2D eigenvalue weighted by Crippen LogP contribution is 2.06. The summed E-state index contributed by atoms with van der Waals surface area (Å²) in [6.07, 6.45) is 5.04. The predicted octanol–water partition coefficient (Wildman–Crippen LogP) is 2.62. The van der Waals surface area contributed by atoms with E-state index in [4.69, 9.17) is 16.0 Å². The second kappa shape index (κ2) is 4.96. The maximum Gasteiger partial charge on any atom is 0.0947 e. The van der Waals surface area contributed by atoms with Crippen LogP contribution >= 0.6 is 11.6 Å². The number of aromatic nitrogens is 1. The maximum atomic E-state index is 5.73. The summed E-state index contributed by atoms with van der Waals surface area (Å²) in [6.45, 7) is 1.50. The van der Waals surface area contributed by atoms with Crippen LogP contribution in [0.15, 0.2) is 41.3 Å². The Balaban J connectivity index is 1.81. The van der Waals surface area contributed by atoms with Crippen molar-refractivity contribution in [1.82, 2.24) is 10.3 Å². The highest BCUT2D eigenvalue weighted by molar-refractivity contribution is 6.30. The van der Waals surface area contributed by atoms with Crippen molar-refractivity contribution in [1.29, 1.82) is 0 Å². The molecule has 4 heteroatoms. The van der Waals surface area contributed by atoms with E-state index in [1.54, 1.807) is 18.7 Å². The number of hydrogen-bond donors (Lipinski definition) is 1. The van der Waals surface area contributed by atoms with Crippen LogP contribution in [-0.2, 0) is 13.1 Å². The van der Waals surface area contributed by atoms with Gasteiger partial charge >= 0.3 is 0 Å². The summed E-state index contributed by atoms with van der Waals surface area (Å²) in [6, 6.07) is 5.68. The summed E-state index contributed by atoms with van der Waals surface area (Å²) in [5.74, 6) is 0. The second-order valence-electron chi connectivity index (χ2n) is 3.20. The third kappa shape index (κ3) is 3.08. The zero-order chi connectivity index (χ0) is 10.5. The fraction of sp³-hybridized carbons (Fsp3) is 0.182. The Morgan fingerprint density at radius 3 is 2.87 bits per heavy atom. The molecule has 0 bridgehead atoms. The average Bonchev–Trinajstić information content (AvgIpc) is 2.74. The van der Waals surface area contributed by atoms with E-state index in [0.717, 1.165) is 24.3 Å². The largest absolute Gasteiger partial charge is 0.472 e. The molecule has 0 aliphatic carbocycles. The van der Waals surface area contributed by atoms with Crippen molar-refractivity contribution in [3.05, 3.63) is 53.2 Å². The van der Waals surface area contributed by atoms with Crippen LogP contribution in [-0.4, -0.2) is 4.98 Å². The van der Waals surface area contributed by atoms with Crippen LogP contribution in [0, 0.1) is 0 Å². The minimum absolute atomic E-state index is 0.661. The molecule has 0 aromatic carbocycles. The van der Waals surface area contributed by atoms with Gasteiger partial charge in [-0.05, 0) is 18.2 Å². The molecule has 0 saturated heterocycles. The Labute approximate surface area is 93.1 Å².